The summed E-state index contributed by atoms with van der Waals surface area (Å²) in [6.45, 7) is 11.0. The van der Waals surface area contributed by atoms with Crippen LogP contribution in [0.1, 0.15) is 45.7 Å². The number of rotatable bonds is 4. The van der Waals surface area contributed by atoms with Gasteiger partial charge in [0.1, 0.15) is 0 Å². The van der Waals surface area contributed by atoms with Crippen molar-refractivity contribution in [1.29, 1.82) is 0 Å². The van der Waals surface area contributed by atoms with Crippen LogP contribution in [0.3, 0.4) is 0 Å². The van der Waals surface area contributed by atoms with Crippen LogP contribution in [0.15, 0.2) is 29.3 Å². The molecule has 1 aromatic rings. The van der Waals surface area contributed by atoms with Crippen LogP contribution in [0.25, 0.3) is 5.57 Å². The molecule has 1 aliphatic carbocycles. The molecule has 31 heavy (non-hydrogen) atoms. The molecule has 1 aromatic carbocycles. The fourth-order valence-electron chi connectivity index (χ4n) is 2.87. The van der Waals surface area contributed by atoms with Crippen LogP contribution in [-0.4, -0.2) is 39.4 Å². The molecule has 2 rings (SSSR count). The summed E-state index contributed by atoms with van der Waals surface area (Å²) in [6.07, 6.45) is 3.93. The van der Waals surface area contributed by atoms with Crippen LogP contribution in [-0.2, 0) is 36.4 Å². The Morgan fingerprint density at radius 1 is 0.903 bits per heavy atom. The number of methoxy groups -OCH3 is 2. The topological polar surface area (TPSA) is 65.0 Å². The first-order chi connectivity index (χ1) is 14.7. The van der Waals surface area contributed by atoms with Crippen molar-refractivity contribution in [3.63, 3.8) is 0 Å². The molecule has 1 saturated carbocycles. The first-order valence-electron chi connectivity index (χ1n) is 9.33. The average Bonchev–Trinajstić information content (AvgIpc) is 2.96. The summed E-state index contributed by atoms with van der Waals surface area (Å²) in [7, 11) is 8.59. The molecule has 5 radical (unpaired) electrons. The molecule has 0 amide bonds. The molecule has 0 N–H and O–H groups in total. The van der Waals surface area contributed by atoms with Crippen LogP contribution in [0.5, 0.6) is 0 Å². The van der Waals surface area contributed by atoms with E-state index >= 15 is 0 Å². The Kier molecular flexibility index (Phi) is 14.6. The molecule has 0 saturated heterocycles. The average molecular weight is 534 g/mol. The maximum atomic E-state index is 11.7. The van der Waals surface area contributed by atoms with Gasteiger partial charge in [0.05, 0.1) is 14.2 Å². The van der Waals surface area contributed by atoms with E-state index in [1.807, 2.05) is 17.3 Å². The van der Waals surface area contributed by atoms with Crippen molar-refractivity contribution in [2.24, 2.45) is 4.99 Å². The fraction of sp³-hybridized carbons (Fsp3) is 0.333. The van der Waals surface area contributed by atoms with Gasteiger partial charge >= 0.3 is 27.0 Å². The molecule has 0 spiro atoms. The van der Waals surface area contributed by atoms with E-state index in [9.17, 15) is 9.59 Å². The number of esters is 2. The molecule has 0 unspecified atom stereocenters. The van der Waals surface area contributed by atoms with Crippen molar-refractivity contribution in [3.8, 4) is 0 Å². The van der Waals surface area contributed by atoms with Crippen molar-refractivity contribution in [2.45, 2.75) is 34.6 Å². The number of carbonyl (C=O) groups is 2. The summed E-state index contributed by atoms with van der Waals surface area (Å²) >= 11 is 2.02. The van der Waals surface area contributed by atoms with Gasteiger partial charge in [0, 0.05) is 13.3 Å². The predicted octanol–water partition coefficient (Wildman–Crippen LogP) is 4.93. The van der Waals surface area contributed by atoms with Gasteiger partial charge in [-0.05, 0) is 29.6 Å². The van der Waals surface area contributed by atoms with E-state index in [4.69, 9.17) is 0 Å². The van der Waals surface area contributed by atoms with Crippen molar-refractivity contribution in [2.75, 3.05) is 21.3 Å². The summed E-state index contributed by atoms with van der Waals surface area (Å²) < 4.78 is 9.14. The van der Waals surface area contributed by atoms with E-state index in [-0.39, 0.29) is 5.57 Å². The van der Waals surface area contributed by atoms with Crippen molar-refractivity contribution < 1.29 is 36.4 Å². The molecular weight excluding hydrogens is 505 g/mol. The van der Waals surface area contributed by atoms with Gasteiger partial charge in [-0.15, -0.1) is 11.6 Å². The first-order valence-corrected chi connectivity index (χ1v) is 11.4. The molecule has 5 nitrogen and oxygen atoms in total. The number of nitrogens with zero attached hydrogens (tertiary/aromatic N) is 1. The second kappa shape index (κ2) is 15.3. The number of benzene rings is 1. The van der Waals surface area contributed by atoms with Gasteiger partial charge < -0.3 is 14.3 Å². The number of aliphatic imine (C=N–C) groups is 1. The molecule has 1 fully saturated rings. The zero-order valence-corrected chi connectivity index (χ0v) is 21.6. The Hall–Kier alpha value is -1.52. The molecule has 0 bridgehead atoms. The number of halogens is 1. The van der Waals surface area contributed by atoms with E-state index in [2.05, 4.69) is 64.9 Å². The van der Waals surface area contributed by atoms with Crippen LogP contribution in [0, 0.1) is 35.7 Å². The Morgan fingerprint density at radius 2 is 1.35 bits per heavy atom. The minimum atomic E-state index is -0.747. The Morgan fingerprint density at radius 3 is 1.74 bits per heavy atom. The summed E-state index contributed by atoms with van der Waals surface area (Å²) in [4.78, 5) is 26.9. The zero-order valence-electron chi connectivity index (χ0n) is 19.2. The molecule has 0 aliphatic heterocycles. The Balaban J connectivity index is 0.000000628. The van der Waals surface area contributed by atoms with Crippen molar-refractivity contribution >= 4 is 33.4 Å². The van der Waals surface area contributed by atoms with Gasteiger partial charge in [-0.1, -0.05) is 70.0 Å². The zero-order chi connectivity index (χ0) is 24.1. The summed E-state index contributed by atoms with van der Waals surface area (Å²) in [6, 6.07) is 6.99. The monoisotopic (exact) mass is 533 g/mol. The fourth-order valence-corrected chi connectivity index (χ4v) is 2.87. The van der Waals surface area contributed by atoms with Crippen LogP contribution >= 0.6 is 9.69 Å². The quantitative estimate of drug-likeness (QED) is 0.181. The summed E-state index contributed by atoms with van der Waals surface area (Å²) in [5.41, 5.74) is 1.19. The van der Waals surface area contributed by atoms with Crippen LogP contribution in [0.2, 0.25) is 0 Å². The van der Waals surface area contributed by atoms with Gasteiger partial charge in [-0.25, -0.2) is 0 Å². The standard InChI is InChI=1S/C14H14NO4.C10H15.ClH.Rh/c1-15-9-10-6-4-5-7-11(10)12(14(17)19-3)8-13(16)18-2;1-6-7(2)9(4)10(5)8(6)3;;/h4-7,9H,1-3H3;1-5H3;1H;/q-1;;;+3/p-1. The molecule has 0 atom stereocenters. The third-order valence-electron chi connectivity index (χ3n) is 5.11. The maximum absolute atomic E-state index is 11.7. The van der Waals surface area contributed by atoms with Crippen molar-refractivity contribution in [3.05, 3.63) is 71.1 Å². The second-order valence-corrected chi connectivity index (χ2v) is 6.58. The van der Waals surface area contributed by atoms with E-state index in [0.29, 0.717) is 11.1 Å². The van der Waals surface area contributed by atoms with Gasteiger partial charge in [0.15, 0.2) is 0 Å². The minimum absolute atomic E-state index is 0.00449. The molecule has 1 aliphatic rings. The van der Waals surface area contributed by atoms with Crippen molar-refractivity contribution in [1.82, 2.24) is 0 Å². The summed E-state index contributed by atoms with van der Waals surface area (Å²) in [5, 5.41) is 0. The number of hydrogen-bond acceptors (Lipinski definition) is 5. The predicted molar refractivity (Wildman–Crippen MR) is 121 cm³/mol. The Bertz CT molecular complexity index is 721. The molecule has 169 valence electrons. The number of ether oxygens (including phenoxy) is 2. The normalized spacial score (nSPS) is 16.4. The number of carbonyl (C=O) groups excluding carboxylic acids is 2. The number of hydrogen-bond donors (Lipinski definition) is 0. The summed E-state index contributed by atoms with van der Waals surface area (Å²) in [5.74, 6) is 5.93. The van der Waals surface area contributed by atoms with Crippen LogP contribution < -0.4 is 0 Å². The third-order valence-corrected chi connectivity index (χ3v) is 5.11. The SMILES string of the molecule is CN=Cc1ccccc1C(=[C-]C(=O)OC)C(=O)OC.C[C]1[C](C)[C](C)[C](C)[C]1C.[Cl][Rh+2]. The molecule has 0 heterocycles. The van der Waals surface area contributed by atoms with Gasteiger partial charge in [-0.3, -0.25) is 9.79 Å². The molecular formula is C24H29ClNO4Rh+. The van der Waals surface area contributed by atoms with E-state index in [1.54, 1.807) is 37.5 Å². The van der Waals surface area contributed by atoms with E-state index in [1.165, 1.54) is 43.8 Å². The molecule has 0 aromatic heterocycles. The van der Waals surface area contributed by atoms with Gasteiger partial charge in [0.2, 0.25) is 5.97 Å². The van der Waals surface area contributed by atoms with E-state index < -0.39 is 11.9 Å². The van der Waals surface area contributed by atoms with Gasteiger partial charge in [0.25, 0.3) is 5.97 Å². The van der Waals surface area contributed by atoms with E-state index in [0.717, 1.165) is 0 Å². The third kappa shape index (κ3) is 8.50. The second-order valence-electron chi connectivity index (χ2n) is 6.58. The van der Waals surface area contributed by atoms with Crippen LogP contribution in [0.4, 0.5) is 0 Å². The first kappa shape index (κ1) is 29.5. The van der Waals surface area contributed by atoms with Gasteiger partial charge in [-0.2, -0.15) is 0 Å². The Labute approximate surface area is 201 Å². The molecule has 7 heteroatoms.